The van der Waals surface area contributed by atoms with Gasteiger partial charge in [0.2, 0.25) is 11.8 Å². The lowest BCUT2D eigenvalue weighted by Crippen LogP contribution is -2.57. The lowest BCUT2D eigenvalue weighted by atomic mass is 9.78. The molecule has 0 bridgehead atoms. The number of carbonyl (C=O) groups excluding carboxylic acids is 2. The van der Waals surface area contributed by atoms with Crippen LogP contribution in [0.3, 0.4) is 0 Å². The lowest BCUT2D eigenvalue weighted by Gasteiger charge is -2.42. The molecule has 0 aliphatic carbocycles. The van der Waals surface area contributed by atoms with Crippen molar-refractivity contribution in [3.63, 3.8) is 0 Å². The number of piperazine rings is 1. The Bertz CT molecular complexity index is 384. The molecule has 120 valence electrons. The van der Waals surface area contributed by atoms with Crippen LogP contribution in [0.2, 0.25) is 0 Å². The second-order valence-corrected chi connectivity index (χ2v) is 6.37. The number of hydrogen-bond acceptors (Lipinski definition) is 4. The predicted molar refractivity (Wildman–Crippen MR) is 79.5 cm³/mol. The van der Waals surface area contributed by atoms with Gasteiger partial charge in [-0.1, -0.05) is 13.8 Å². The molecular formula is C15H27N3O3. The average molecular weight is 297 g/mol. The first-order chi connectivity index (χ1) is 10.00. The van der Waals surface area contributed by atoms with Gasteiger partial charge in [-0.25, -0.2) is 0 Å². The second-order valence-electron chi connectivity index (χ2n) is 6.37. The molecule has 6 nitrogen and oxygen atoms in total. The molecular weight excluding hydrogens is 270 g/mol. The third kappa shape index (κ3) is 3.37. The highest BCUT2D eigenvalue weighted by atomic mass is 16.5. The summed E-state index contributed by atoms with van der Waals surface area (Å²) in [6, 6.07) is 0. The van der Waals surface area contributed by atoms with E-state index in [1.54, 1.807) is 0 Å². The highest BCUT2D eigenvalue weighted by molar-refractivity contribution is 5.84. The van der Waals surface area contributed by atoms with Gasteiger partial charge < -0.3 is 20.3 Å². The van der Waals surface area contributed by atoms with Gasteiger partial charge in [-0.05, 0) is 12.8 Å². The first-order valence-corrected chi connectivity index (χ1v) is 7.86. The summed E-state index contributed by atoms with van der Waals surface area (Å²) in [6.45, 7) is 7.88. The van der Waals surface area contributed by atoms with Gasteiger partial charge in [0, 0.05) is 51.9 Å². The molecule has 2 rings (SSSR count). The zero-order valence-corrected chi connectivity index (χ0v) is 13.1. The first-order valence-electron chi connectivity index (χ1n) is 7.86. The van der Waals surface area contributed by atoms with E-state index in [1.165, 1.54) is 0 Å². The van der Waals surface area contributed by atoms with E-state index < -0.39 is 5.41 Å². The van der Waals surface area contributed by atoms with Crippen molar-refractivity contribution in [1.29, 1.82) is 0 Å². The van der Waals surface area contributed by atoms with E-state index >= 15 is 0 Å². The molecule has 2 heterocycles. The van der Waals surface area contributed by atoms with Gasteiger partial charge in [-0.15, -0.1) is 0 Å². The number of nitrogens with zero attached hydrogens (tertiary/aromatic N) is 2. The molecule has 0 radical (unpaired) electrons. The van der Waals surface area contributed by atoms with Crippen molar-refractivity contribution in [2.45, 2.75) is 26.7 Å². The average Bonchev–Trinajstić information content (AvgIpc) is 2.54. The van der Waals surface area contributed by atoms with E-state index in [-0.39, 0.29) is 17.7 Å². The molecule has 0 atom stereocenters. The zero-order valence-electron chi connectivity index (χ0n) is 13.1. The fraction of sp³-hybridized carbons (Fsp3) is 0.867. The highest BCUT2D eigenvalue weighted by Gasteiger charge is 2.42. The van der Waals surface area contributed by atoms with Crippen LogP contribution in [0, 0.1) is 11.3 Å². The van der Waals surface area contributed by atoms with E-state index in [0.29, 0.717) is 58.8 Å². The van der Waals surface area contributed by atoms with Crippen molar-refractivity contribution in [3.05, 3.63) is 0 Å². The summed E-state index contributed by atoms with van der Waals surface area (Å²) in [5.74, 6) is 0.324. The van der Waals surface area contributed by atoms with Crippen LogP contribution in [0.15, 0.2) is 0 Å². The minimum Gasteiger partial charge on any atom is -0.381 e. The van der Waals surface area contributed by atoms with Crippen LogP contribution in [-0.4, -0.2) is 67.6 Å². The molecule has 2 aliphatic rings. The van der Waals surface area contributed by atoms with Gasteiger partial charge in [-0.2, -0.15) is 0 Å². The Balaban J connectivity index is 1.95. The molecule has 0 spiro atoms. The number of carbonyl (C=O) groups is 2. The number of hydrogen-bond donors (Lipinski definition) is 1. The molecule has 6 heteroatoms. The largest absolute Gasteiger partial charge is 0.381 e. The van der Waals surface area contributed by atoms with E-state index in [9.17, 15) is 9.59 Å². The van der Waals surface area contributed by atoms with Crippen molar-refractivity contribution in [1.82, 2.24) is 9.80 Å². The number of amides is 2. The van der Waals surface area contributed by atoms with Crippen LogP contribution < -0.4 is 5.73 Å². The van der Waals surface area contributed by atoms with Crippen molar-refractivity contribution in [2.75, 3.05) is 45.9 Å². The number of nitrogens with two attached hydrogens (primary N) is 1. The van der Waals surface area contributed by atoms with Crippen LogP contribution in [0.4, 0.5) is 0 Å². The summed E-state index contributed by atoms with van der Waals surface area (Å²) in [5.41, 5.74) is 5.44. The van der Waals surface area contributed by atoms with Crippen LogP contribution in [0.5, 0.6) is 0 Å². The maximum absolute atomic E-state index is 12.8. The second kappa shape index (κ2) is 6.75. The van der Waals surface area contributed by atoms with Gasteiger partial charge in [0.25, 0.3) is 0 Å². The molecule has 0 saturated carbocycles. The summed E-state index contributed by atoms with van der Waals surface area (Å²) < 4.78 is 5.36. The highest BCUT2D eigenvalue weighted by Crippen LogP contribution is 2.32. The Kier molecular flexibility index (Phi) is 5.22. The van der Waals surface area contributed by atoms with Crippen LogP contribution >= 0.6 is 0 Å². The Hall–Kier alpha value is -1.14. The third-order valence-electron chi connectivity index (χ3n) is 4.67. The van der Waals surface area contributed by atoms with Crippen LogP contribution in [-0.2, 0) is 14.3 Å². The quantitative estimate of drug-likeness (QED) is 0.800. The Morgan fingerprint density at radius 2 is 1.62 bits per heavy atom. The van der Waals surface area contributed by atoms with Gasteiger partial charge in [0.15, 0.2) is 0 Å². The molecule has 2 aliphatic heterocycles. The van der Waals surface area contributed by atoms with E-state index in [0.717, 1.165) is 0 Å². The molecule has 2 amide bonds. The van der Waals surface area contributed by atoms with Crippen molar-refractivity contribution >= 4 is 11.8 Å². The summed E-state index contributed by atoms with van der Waals surface area (Å²) >= 11 is 0. The van der Waals surface area contributed by atoms with Crippen molar-refractivity contribution in [2.24, 2.45) is 17.1 Å². The Morgan fingerprint density at radius 3 is 2.10 bits per heavy atom. The Morgan fingerprint density at radius 1 is 1.10 bits per heavy atom. The fourth-order valence-electron chi connectivity index (χ4n) is 3.10. The maximum Gasteiger partial charge on any atom is 0.230 e. The summed E-state index contributed by atoms with van der Waals surface area (Å²) in [5, 5.41) is 0. The smallest absolute Gasteiger partial charge is 0.230 e. The van der Waals surface area contributed by atoms with Gasteiger partial charge in [-0.3, -0.25) is 9.59 Å². The lowest BCUT2D eigenvalue weighted by molar-refractivity contribution is -0.151. The minimum absolute atomic E-state index is 0.0122. The molecule has 2 fully saturated rings. The van der Waals surface area contributed by atoms with Crippen LogP contribution in [0.1, 0.15) is 26.7 Å². The summed E-state index contributed by atoms with van der Waals surface area (Å²) in [7, 11) is 0. The SMILES string of the molecule is CC(C)C(=O)N1CCN(C(=O)C2(CN)CCOCC2)CC1. The minimum atomic E-state index is -0.456. The maximum atomic E-state index is 12.8. The van der Waals surface area contributed by atoms with Crippen LogP contribution in [0.25, 0.3) is 0 Å². The van der Waals surface area contributed by atoms with Gasteiger partial charge in [0.05, 0.1) is 5.41 Å². The van der Waals surface area contributed by atoms with E-state index in [4.69, 9.17) is 10.5 Å². The fourth-order valence-corrected chi connectivity index (χ4v) is 3.10. The first kappa shape index (κ1) is 16.2. The van der Waals surface area contributed by atoms with E-state index in [2.05, 4.69) is 0 Å². The topological polar surface area (TPSA) is 75.9 Å². The zero-order chi connectivity index (χ0) is 15.5. The summed E-state index contributed by atoms with van der Waals surface area (Å²) in [6.07, 6.45) is 1.40. The molecule has 2 saturated heterocycles. The standard InChI is InChI=1S/C15H27N3O3/c1-12(2)13(19)17-5-7-18(8-6-17)14(20)15(11-16)3-9-21-10-4-15/h12H,3-11,16H2,1-2H3. The van der Waals surface area contributed by atoms with Gasteiger partial charge >= 0.3 is 0 Å². The van der Waals surface area contributed by atoms with Gasteiger partial charge in [0.1, 0.15) is 0 Å². The molecule has 2 N–H and O–H groups in total. The number of rotatable bonds is 3. The normalized spacial score (nSPS) is 22.5. The molecule has 0 aromatic rings. The summed E-state index contributed by atoms with van der Waals surface area (Å²) in [4.78, 5) is 28.5. The monoisotopic (exact) mass is 297 g/mol. The molecule has 0 aromatic heterocycles. The molecule has 21 heavy (non-hydrogen) atoms. The Labute approximate surface area is 126 Å². The molecule has 0 aromatic carbocycles. The van der Waals surface area contributed by atoms with Crippen molar-refractivity contribution < 1.29 is 14.3 Å². The number of ether oxygens (including phenoxy) is 1. The van der Waals surface area contributed by atoms with Crippen molar-refractivity contribution in [3.8, 4) is 0 Å². The third-order valence-corrected chi connectivity index (χ3v) is 4.67. The molecule has 0 unspecified atom stereocenters. The van der Waals surface area contributed by atoms with E-state index in [1.807, 2.05) is 23.6 Å². The predicted octanol–water partition coefficient (Wildman–Crippen LogP) is 0.0687.